The molecule has 0 aromatic heterocycles. The predicted molar refractivity (Wildman–Crippen MR) is 54.9 cm³/mol. The van der Waals surface area contributed by atoms with Crippen LogP contribution in [0.3, 0.4) is 0 Å². The van der Waals surface area contributed by atoms with Crippen molar-refractivity contribution in [1.29, 1.82) is 0 Å². The molecular formula is C10H19N3. The minimum absolute atomic E-state index is 0.888. The number of aliphatic imine (C=N–C) groups is 1. The molecule has 0 radical (unpaired) electrons. The molecule has 1 heterocycles. The minimum atomic E-state index is 0.888. The van der Waals surface area contributed by atoms with Crippen molar-refractivity contribution in [2.45, 2.75) is 32.1 Å². The van der Waals surface area contributed by atoms with Crippen LogP contribution >= 0.6 is 0 Å². The molecule has 0 bridgehead atoms. The van der Waals surface area contributed by atoms with Gasteiger partial charge in [-0.3, -0.25) is 4.99 Å². The zero-order chi connectivity index (χ0) is 8.93. The Balaban J connectivity index is 1.66. The van der Waals surface area contributed by atoms with Crippen LogP contribution < -0.4 is 10.6 Å². The first-order chi connectivity index (χ1) is 6.45. The Hall–Kier alpha value is -0.730. The molecule has 1 aliphatic carbocycles. The molecular weight excluding hydrogens is 162 g/mol. The molecule has 1 fully saturated rings. The summed E-state index contributed by atoms with van der Waals surface area (Å²) < 4.78 is 0. The van der Waals surface area contributed by atoms with Crippen LogP contribution in [0.15, 0.2) is 4.99 Å². The van der Waals surface area contributed by atoms with E-state index < -0.39 is 0 Å². The quantitative estimate of drug-likeness (QED) is 0.669. The van der Waals surface area contributed by atoms with Gasteiger partial charge in [0.25, 0.3) is 0 Å². The van der Waals surface area contributed by atoms with Crippen molar-refractivity contribution in [1.82, 2.24) is 10.6 Å². The van der Waals surface area contributed by atoms with Crippen LogP contribution in [0.2, 0.25) is 0 Å². The number of nitrogens with one attached hydrogen (secondary N) is 2. The van der Waals surface area contributed by atoms with E-state index in [0.717, 1.165) is 31.5 Å². The largest absolute Gasteiger partial charge is 0.356 e. The van der Waals surface area contributed by atoms with E-state index in [1.54, 1.807) is 0 Å². The monoisotopic (exact) mass is 181 g/mol. The van der Waals surface area contributed by atoms with Crippen molar-refractivity contribution < 1.29 is 0 Å². The van der Waals surface area contributed by atoms with Gasteiger partial charge in [0.15, 0.2) is 5.96 Å². The molecule has 1 saturated carbocycles. The van der Waals surface area contributed by atoms with Gasteiger partial charge in [-0.1, -0.05) is 19.3 Å². The second-order valence-electron chi connectivity index (χ2n) is 4.04. The Morgan fingerprint density at radius 2 is 2.15 bits per heavy atom. The molecule has 3 nitrogen and oxygen atoms in total. The first kappa shape index (κ1) is 8.85. The highest BCUT2D eigenvalue weighted by Gasteiger charge is 2.14. The molecule has 0 atom stereocenters. The van der Waals surface area contributed by atoms with E-state index in [1.165, 1.54) is 32.1 Å². The van der Waals surface area contributed by atoms with E-state index in [0.29, 0.717) is 0 Å². The summed E-state index contributed by atoms with van der Waals surface area (Å²) in [6.45, 7) is 3.06. The van der Waals surface area contributed by atoms with Gasteiger partial charge in [-0.15, -0.1) is 0 Å². The summed E-state index contributed by atoms with van der Waals surface area (Å²) in [7, 11) is 0. The highest BCUT2D eigenvalue weighted by atomic mass is 15.2. The zero-order valence-electron chi connectivity index (χ0n) is 8.18. The summed E-state index contributed by atoms with van der Waals surface area (Å²) in [5, 5.41) is 6.63. The summed E-state index contributed by atoms with van der Waals surface area (Å²) in [4.78, 5) is 4.31. The highest BCUT2D eigenvalue weighted by molar-refractivity contribution is 5.81. The molecule has 3 heteroatoms. The van der Waals surface area contributed by atoms with Gasteiger partial charge < -0.3 is 10.6 Å². The van der Waals surface area contributed by atoms with Crippen LogP contribution in [-0.2, 0) is 0 Å². The van der Waals surface area contributed by atoms with E-state index in [-0.39, 0.29) is 0 Å². The van der Waals surface area contributed by atoms with Crippen molar-refractivity contribution >= 4 is 5.96 Å². The van der Waals surface area contributed by atoms with Crippen LogP contribution in [0.1, 0.15) is 32.1 Å². The lowest BCUT2D eigenvalue weighted by molar-refractivity contribution is 0.356. The second-order valence-corrected chi connectivity index (χ2v) is 4.04. The summed E-state index contributed by atoms with van der Waals surface area (Å²) in [6.07, 6.45) is 7.09. The highest BCUT2D eigenvalue weighted by Crippen LogP contribution is 2.22. The van der Waals surface area contributed by atoms with Crippen LogP contribution in [0.25, 0.3) is 0 Å². The molecule has 0 unspecified atom stereocenters. The van der Waals surface area contributed by atoms with Gasteiger partial charge in [0, 0.05) is 13.1 Å². The standard InChI is InChI=1S/C10H19N3/c1-2-4-9(5-3-1)8-13-10-11-6-7-12-10/h9H,1-8H2,(H2,11,12,13). The third-order valence-corrected chi connectivity index (χ3v) is 2.96. The molecule has 0 aromatic rings. The van der Waals surface area contributed by atoms with E-state index in [4.69, 9.17) is 0 Å². The lowest BCUT2D eigenvalue weighted by atomic mass is 9.89. The predicted octanol–water partition coefficient (Wildman–Crippen LogP) is 1.12. The van der Waals surface area contributed by atoms with Crippen LogP contribution in [0, 0.1) is 5.92 Å². The third kappa shape index (κ3) is 2.61. The third-order valence-electron chi connectivity index (χ3n) is 2.96. The lowest BCUT2D eigenvalue weighted by Gasteiger charge is -2.22. The number of hydrogen-bond acceptors (Lipinski definition) is 3. The van der Waals surface area contributed by atoms with Gasteiger partial charge in [-0.25, -0.2) is 0 Å². The average molecular weight is 181 g/mol. The molecule has 0 aromatic carbocycles. The topological polar surface area (TPSA) is 36.4 Å². The first-order valence-corrected chi connectivity index (χ1v) is 5.47. The normalized spacial score (nSPS) is 23.8. The smallest absolute Gasteiger partial charge is 0.191 e. The maximum absolute atomic E-state index is 4.31. The van der Waals surface area contributed by atoms with Gasteiger partial charge >= 0.3 is 0 Å². The van der Waals surface area contributed by atoms with Gasteiger partial charge in [0.2, 0.25) is 0 Å². The number of nitrogens with zero attached hydrogens (tertiary/aromatic N) is 1. The summed E-state index contributed by atoms with van der Waals surface area (Å²) in [6, 6.07) is 0. The average Bonchev–Trinajstić information content (AvgIpc) is 2.69. The Bertz CT molecular complexity index is 183. The van der Waals surface area contributed by atoms with Gasteiger partial charge in [-0.05, 0) is 18.8 Å². The van der Waals surface area contributed by atoms with Gasteiger partial charge in [0.05, 0.1) is 6.54 Å². The van der Waals surface area contributed by atoms with E-state index >= 15 is 0 Å². The van der Waals surface area contributed by atoms with Gasteiger partial charge in [-0.2, -0.15) is 0 Å². The molecule has 74 valence electrons. The summed E-state index contributed by atoms with van der Waals surface area (Å²) in [5.41, 5.74) is 0. The Morgan fingerprint density at radius 3 is 2.85 bits per heavy atom. The molecule has 13 heavy (non-hydrogen) atoms. The van der Waals surface area contributed by atoms with Crippen LogP contribution in [-0.4, -0.2) is 25.6 Å². The van der Waals surface area contributed by atoms with E-state index in [2.05, 4.69) is 15.6 Å². The molecule has 2 rings (SSSR count). The number of guanidine groups is 1. The van der Waals surface area contributed by atoms with Crippen molar-refractivity contribution in [3.63, 3.8) is 0 Å². The van der Waals surface area contributed by atoms with E-state index in [9.17, 15) is 0 Å². The fourth-order valence-corrected chi connectivity index (χ4v) is 2.15. The van der Waals surface area contributed by atoms with Gasteiger partial charge in [0.1, 0.15) is 0 Å². The van der Waals surface area contributed by atoms with E-state index in [1.807, 2.05) is 0 Å². The number of rotatable bonds is 2. The van der Waals surface area contributed by atoms with Crippen molar-refractivity contribution in [3.8, 4) is 0 Å². The first-order valence-electron chi connectivity index (χ1n) is 5.47. The van der Waals surface area contributed by atoms with Crippen molar-refractivity contribution in [2.75, 3.05) is 19.6 Å². The maximum atomic E-state index is 4.31. The molecule has 0 amide bonds. The molecule has 0 spiro atoms. The maximum Gasteiger partial charge on any atom is 0.191 e. The summed E-state index contributed by atoms with van der Waals surface area (Å²) in [5.74, 6) is 1.91. The number of hydrogen-bond donors (Lipinski definition) is 2. The SMILES string of the molecule is C1CCC(CNC2=NCCN2)CC1. The Kier molecular flexibility index (Phi) is 3.06. The second kappa shape index (κ2) is 4.49. The molecule has 1 aliphatic heterocycles. The molecule has 2 aliphatic rings. The zero-order valence-corrected chi connectivity index (χ0v) is 8.18. The van der Waals surface area contributed by atoms with Crippen LogP contribution in [0.5, 0.6) is 0 Å². The Labute approximate surface area is 80.0 Å². The fraction of sp³-hybridized carbons (Fsp3) is 0.900. The van der Waals surface area contributed by atoms with Crippen LogP contribution in [0.4, 0.5) is 0 Å². The molecule has 0 saturated heterocycles. The Morgan fingerprint density at radius 1 is 1.31 bits per heavy atom. The minimum Gasteiger partial charge on any atom is -0.356 e. The summed E-state index contributed by atoms with van der Waals surface area (Å²) >= 11 is 0. The molecule has 2 N–H and O–H groups in total. The fourth-order valence-electron chi connectivity index (χ4n) is 2.15. The lowest BCUT2D eigenvalue weighted by Crippen LogP contribution is -2.37. The van der Waals surface area contributed by atoms with Crippen molar-refractivity contribution in [3.05, 3.63) is 0 Å². The van der Waals surface area contributed by atoms with Crippen molar-refractivity contribution in [2.24, 2.45) is 10.9 Å².